The second kappa shape index (κ2) is 4.85. The van der Waals surface area contributed by atoms with Crippen LogP contribution in [0.15, 0.2) is 18.2 Å². The Morgan fingerprint density at radius 1 is 1.56 bits per heavy atom. The van der Waals surface area contributed by atoms with Gasteiger partial charge in [-0.3, -0.25) is 0 Å². The summed E-state index contributed by atoms with van der Waals surface area (Å²) in [4.78, 5) is 0. The van der Waals surface area contributed by atoms with E-state index in [1.54, 1.807) is 7.11 Å². The zero-order valence-electron chi connectivity index (χ0n) is 9.99. The van der Waals surface area contributed by atoms with E-state index in [9.17, 15) is 0 Å². The van der Waals surface area contributed by atoms with Crippen molar-refractivity contribution < 1.29 is 4.74 Å². The SMILES string of the molecule is COC(C)CNC1CCc2cc(N)ccc21. The summed E-state index contributed by atoms with van der Waals surface area (Å²) in [5, 5.41) is 3.54. The fourth-order valence-corrected chi connectivity index (χ4v) is 2.24. The Bertz CT molecular complexity index is 365. The number of anilines is 1. The van der Waals surface area contributed by atoms with E-state index < -0.39 is 0 Å². The van der Waals surface area contributed by atoms with Crippen LogP contribution in [0.2, 0.25) is 0 Å². The van der Waals surface area contributed by atoms with E-state index in [1.807, 2.05) is 6.07 Å². The van der Waals surface area contributed by atoms with Gasteiger partial charge in [-0.2, -0.15) is 0 Å². The van der Waals surface area contributed by atoms with Crippen molar-refractivity contribution in [3.8, 4) is 0 Å². The van der Waals surface area contributed by atoms with Gasteiger partial charge in [0.2, 0.25) is 0 Å². The summed E-state index contributed by atoms with van der Waals surface area (Å²) in [5.41, 5.74) is 9.44. The molecule has 0 saturated carbocycles. The number of hydrogen-bond donors (Lipinski definition) is 2. The summed E-state index contributed by atoms with van der Waals surface area (Å²) in [7, 11) is 1.75. The van der Waals surface area contributed by atoms with Crippen molar-refractivity contribution in [2.24, 2.45) is 0 Å². The first-order valence-electron chi connectivity index (χ1n) is 5.85. The lowest BCUT2D eigenvalue weighted by molar-refractivity contribution is 0.114. The summed E-state index contributed by atoms with van der Waals surface area (Å²) in [6.07, 6.45) is 2.55. The Labute approximate surface area is 97.0 Å². The monoisotopic (exact) mass is 220 g/mol. The van der Waals surface area contributed by atoms with Crippen LogP contribution in [0, 0.1) is 0 Å². The minimum absolute atomic E-state index is 0.262. The van der Waals surface area contributed by atoms with Gasteiger partial charge in [0, 0.05) is 25.4 Å². The molecule has 0 amide bonds. The third-order valence-corrected chi connectivity index (χ3v) is 3.30. The van der Waals surface area contributed by atoms with Crippen molar-refractivity contribution in [1.29, 1.82) is 0 Å². The number of nitrogen functional groups attached to an aromatic ring is 1. The molecule has 0 bridgehead atoms. The fraction of sp³-hybridized carbons (Fsp3) is 0.538. The van der Waals surface area contributed by atoms with Crippen molar-refractivity contribution in [3.63, 3.8) is 0 Å². The average Bonchev–Trinajstić information content (AvgIpc) is 2.68. The number of nitrogens with two attached hydrogens (primary N) is 1. The summed E-state index contributed by atoms with van der Waals surface area (Å²) >= 11 is 0. The molecule has 2 unspecified atom stereocenters. The predicted molar refractivity (Wildman–Crippen MR) is 66.4 cm³/mol. The van der Waals surface area contributed by atoms with Gasteiger partial charge in [-0.25, -0.2) is 0 Å². The van der Waals surface area contributed by atoms with Gasteiger partial charge in [0.05, 0.1) is 6.10 Å². The average molecular weight is 220 g/mol. The van der Waals surface area contributed by atoms with Crippen molar-refractivity contribution in [1.82, 2.24) is 5.32 Å². The number of nitrogens with one attached hydrogen (secondary N) is 1. The highest BCUT2D eigenvalue weighted by Gasteiger charge is 2.22. The van der Waals surface area contributed by atoms with Gasteiger partial charge in [0.15, 0.2) is 0 Å². The van der Waals surface area contributed by atoms with Crippen molar-refractivity contribution in [2.45, 2.75) is 31.9 Å². The van der Waals surface area contributed by atoms with Crippen molar-refractivity contribution in [2.75, 3.05) is 19.4 Å². The minimum atomic E-state index is 0.262. The summed E-state index contributed by atoms with van der Waals surface area (Å²) in [6, 6.07) is 6.69. The third kappa shape index (κ3) is 2.36. The second-order valence-electron chi connectivity index (χ2n) is 4.50. The molecule has 0 aliphatic heterocycles. The van der Waals surface area contributed by atoms with Crippen LogP contribution in [0.3, 0.4) is 0 Å². The Hall–Kier alpha value is -1.06. The molecule has 1 aliphatic rings. The van der Waals surface area contributed by atoms with E-state index in [0.717, 1.165) is 25.1 Å². The molecule has 3 nitrogen and oxygen atoms in total. The van der Waals surface area contributed by atoms with Crippen LogP contribution in [0.5, 0.6) is 0 Å². The molecule has 0 saturated heterocycles. The number of benzene rings is 1. The number of ether oxygens (including phenoxy) is 1. The zero-order valence-corrected chi connectivity index (χ0v) is 9.99. The molecule has 0 fully saturated rings. The van der Waals surface area contributed by atoms with Crippen LogP contribution >= 0.6 is 0 Å². The molecular weight excluding hydrogens is 200 g/mol. The van der Waals surface area contributed by atoms with Crippen molar-refractivity contribution >= 4 is 5.69 Å². The number of hydrogen-bond acceptors (Lipinski definition) is 3. The molecule has 1 aliphatic carbocycles. The maximum atomic E-state index is 5.78. The number of methoxy groups -OCH3 is 1. The molecule has 0 aromatic heterocycles. The second-order valence-corrected chi connectivity index (χ2v) is 4.50. The highest BCUT2D eigenvalue weighted by molar-refractivity contribution is 5.47. The fourth-order valence-electron chi connectivity index (χ4n) is 2.24. The molecule has 1 aromatic rings. The Morgan fingerprint density at radius 3 is 3.12 bits per heavy atom. The number of aryl methyl sites for hydroxylation is 1. The van der Waals surface area contributed by atoms with Gasteiger partial charge in [-0.1, -0.05) is 6.07 Å². The van der Waals surface area contributed by atoms with Crippen LogP contribution in [-0.2, 0) is 11.2 Å². The maximum Gasteiger partial charge on any atom is 0.0667 e. The van der Waals surface area contributed by atoms with Gasteiger partial charge in [-0.05, 0) is 43.0 Å². The quantitative estimate of drug-likeness (QED) is 0.762. The Balaban J connectivity index is 2.01. The summed E-state index contributed by atoms with van der Waals surface area (Å²) in [6.45, 7) is 2.97. The van der Waals surface area contributed by atoms with Crippen LogP contribution in [0.4, 0.5) is 5.69 Å². The molecule has 3 N–H and O–H groups in total. The van der Waals surface area contributed by atoms with Gasteiger partial charge in [0.25, 0.3) is 0 Å². The van der Waals surface area contributed by atoms with E-state index >= 15 is 0 Å². The largest absolute Gasteiger partial charge is 0.399 e. The normalized spacial score (nSPS) is 20.8. The molecular formula is C13H20N2O. The van der Waals surface area contributed by atoms with E-state index in [4.69, 9.17) is 10.5 Å². The van der Waals surface area contributed by atoms with Crippen LogP contribution in [0.25, 0.3) is 0 Å². The molecule has 2 rings (SSSR count). The lowest BCUT2D eigenvalue weighted by Gasteiger charge is -2.17. The van der Waals surface area contributed by atoms with Crippen LogP contribution in [0.1, 0.15) is 30.5 Å². The minimum Gasteiger partial charge on any atom is -0.399 e. The zero-order chi connectivity index (χ0) is 11.5. The highest BCUT2D eigenvalue weighted by Crippen LogP contribution is 2.32. The first-order valence-corrected chi connectivity index (χ1v) is 5.85. The van der Waals surface area contributed by atoms with Gasteiger partial charge < -0.3 is 15.8 Å². The Kier molecular flexibility index (Phi) is 3.46. The molecule has 0 heterocycles. The topological polar surface area (TPSA) is 47.3 Å². The number of rotatable bonds is 4. The van der Waals surface area contributed by atoms with Crippen molar-refractivity contribution in [3.05, 3.63) is 29.3 Å². The molecule has 0 spiro atoms. The third-order valence-electron chi connectivity index (χ3n) is 3.30. The van der Waals surface area contributed by atoms with E-state index in [2.05, 4.69) is 24.4 Å². The summed E-state index contributed by atoms with van der Waals surface area (Å²) in [5.74, 6) is 0. The molecule has 2 atom stereocenters. The van der Waals surface area contributed by atoms with E-state index in [0.29, 0.717) is 6.04 Å². The molecule has 1 aromatic carbocycles. The lowest BCUT2D eigenvalue weighted by Crippen LogP contribution is -2.28. The van der Waals surface area contributed by atoms with E-state index in [-0.39, 0.29) is 6.10 Å². The molecule has 3 heteroatoms. The highest BCUT2D eigenvalue weighted by atomic mass is 16.5. The Morgan fingerprint density at radius 2 is 2.38 bits per heavy atom. The lowest BCUT2D eigenvalue weighted by atomic mass is 10.1. The van der Waals surface area contributed by atoms with Gasteiger partial charge >= 0.3 is 0 Å². The van der Waals surface area contributed by atoms with Crippen LogP contribution < -0.4 is 11.1 Å². The van der Waals surface area contributed by atoms with Gasteiger partial charge in [-0.15, -0.1) is 0 Å². The summed E-state index contributed by atoms with van der Waals surface area (Å²) < 4.78 is 5.23. The molecule has 0 radical (unpaired) electrons. The molecule has 88 valence electrons. The molecule has 16 heavy (non-hydrogen) atoms. The van der Waals surface area contributed by atoms with E-state index in [1.165, 1.54) is 11.1 Å². The predicted octanol–water partition coefficient (Wildman–Crippen LogP) is 1.88. The van der Waals surface area contributed by atoms with Crippen LogP contribution in [-0.4, -0.2) is 19.8 Å². The standard InChI is InChI=1S/C13H20N2O/c1-9(16-2)8-15-13-6-3-10-7-11(14)4-5-12(10)13/h4-5,7,9,13,15H,3,6,8,14H2,1-2H3. The first kappa shape index (κ1) is 11.4. The maximum absolute atomic E-state index is 5.78. The smallest absolute Gasteiger partial charge is 0.0667 e. The first-order chi connectivity index (χ1) is 7.70. The van der Waals surface area contributed by atoms with Gasteiger partial charge in [0.1, 0.15) is 0 Å². The number of fused-ring (bicyclic) bond motifs is 1.